The van der Waals surface area contributed by atoms with Gasteiger partial charge in [-0.15, -0.1) is 0 Å². The number of fused-ring (bicyclic) bond motifs is 3. The zero-order valence-corrected chi connectivity index (χ0v) is 19.3. The lowest BCUT2D eigenvalue weighted by atomic mass is 9.85. The van der Waals surface area contributed by atoms with Gasteiger partial charge in [-0.2, -0.15) is 0 Å². The standard InChI is InChI=1S/C24H28O13/c25-8-14-17(30)18(31)19(32)23(34-14)36-22-16-11(5-6-33-22)20(21-24(16,9-26)37-21)35-15(29)4-2-10-1-3-12(27)13(28)7-10/h1-7,11,14,16-23,25-28,30-32H,8-9H2. The fourth-order valence-corrected chi connectivity index (χ4v) is 5.27. The van der Waals surface area contributed by atoms with E-state index in [0.717, 1.165) is 6.08 Å². The first-order chi connectivity index (χ1) is 17.7. The Morgan fingerprint density at radius 3 is 2.54 bits per heavy atom. The van der Waals surface area contributed by atoms with Gasteiger partial charge in [0.1, 0.15) is 42.2 Å². The van der Waals surface area contributed by atoms with E-state index in [-0.39, 0.29) is 11.5 Å². The predicted molar refractivity (Wildman–Crippen MR) is 119 cm³/mol. The maximum absolute atomic E-state index is 12.6. The molecule has 1 aliphatic carbocycles. The molecule has 1 saturated carbocycles. The number of hydrogen-bond acceptors (Lipinski definition) is 13. The minimum Gasteiger partial charge on any atom is -0.504 e. The number of phenols is 2. The average molecular weight is 524 g/mol. The highest BCUT2D eigenvalue weighted by Gasteiger charge is 2.77. The Balaban J connectivity index is 1.30. The van der Waals surface area contributed by atoms with Crippen molar-refractivity contribution in [3.8, 4) is 11.5 Å². The minimum absolute atomic E-state index is 0.297. The number of carbonyl (C=O) groups is 1. The van der Waals surface area contributed by atoms with Crippen molar-refractivity contribution >= 4 is 12.0 Å². The van der Waals surface area contributed by atoms with Crippen molar-refractivity contribution in [3.63, 3.8) is 0 Å². The summed E-state index contributed by atoms with van der Waals surface area (Å²) in [7, 11) is 0. The molecule has 2 saturated heterocycles. The highest BCUT2D eigenvalue weighted by molar-refractivity contribution is 5.87. The summed E-state index contributed by atoms with van der Waals surface area (Å²) in [6.45, 7) is -1.08. The monoisotopic (exact) mass is 524 g/mol. The molecule has 3 fully saturated rings. The van der Waals surface area contributed by atoms with Crippen LogP contribution in [0, 0.1) is 11.8 Å². The molecule has 4 aliphatic rings. The molecule has 3 heterocycles. The molecule has 3 aliphatic heterocycles. The number of ether oxygens (including phenoxy) is 5. The van der Waals surface area contributed by atoms with E-state index < -0.39 is 85.8 Å². The van der Waals surface area contributed by atoms with Gasteiger partial charge in [0, 0.05) is 12.0 Å². The molecule has 11 atom stereocenters. The normalized spacial score (nSPS) is 42.2. The van der Waals surface area contributed by atoms with Gasteiger partial charge in [-0.3, -0.25) is 0 Å². The zero-order valence-electron chi connectivity index (χ0n) is 19.3. The van der Waals surface area contributed by atoms with E-state index >= 15 is 0 Å². The number of phenolic OH excluding ortho intramolecular Hbond substituents is 2. The van der Waals surface area contributed by atoms with Crippen LogP contribution in [0.15, 0.2) is 36.6 Å². The molecule has 7 N–H and O–H groups in total. The van der Waals surface area contributed by atoms with E-state index in [2.05, 4.69) is 0 Å². The average Bonchev–Trinajstić information content (AvgIpc) is 3.57. The Kier molecular flexibility index (Phi) is 6.89. The number of carbonyl (C=O) groups excluding carboxylic acids is 1. The smallest absolute Gasteiger partial charge is 0.331 e. The second-order valence-electron chi connectivity index (χ2n) is 9.40. The van der Waals surface area contributed by atoms with Gasteiger partial charge in [0.15, 0.2) is 17.8 Å². The third kappa shape index (κ3) is 4.47. The van der Waals surface area contributed by atoms with Crippen molar-refractivity contribution in [1.82, 2.24) is 0 Å². The number of rotatable bonds is 7. The maximum atomic E-state index is 12.6. The summed E-state index contributed by atoms with van der Waals surface area (Å²) in [4.78, 5) is 12.6. The molecule has 0 aromatic heterocycles. The second-order valence-corrected chi connectivity index (χ2v) is 9.40. The summed E-state index contributed by atoms with van der Waals surface area (Å²) in [6.07, 6.45) is -4.68. The van der Waals surface area contributed by atoms with Crippen molar-refractivity contribution in [2.24, 2.45) is 11.8 Å². The molecule has 0 bridgehead atoms. The first kappa shape index (κ1) is 25.9. The van der Waals surface area contributed by atoms with Gasteiger partial charge in [-0.25, -0.2) is 4.79 Å². The molecule has 13 nitrogen and oxygen atoms in total. The van der Waals surface area contributed by atoms with Crippen LogP contribution in [0.5, 0.6) is 11.5 Å². The summed E-state index contributed by atoms with van der Waals surface area (Å²) in [5, 5.41) is 69.0. The Hall–Kier alpha value is -2.75. The molecule has 0 amide bonds. The number of esters is 1. The second kappa shape index (κ2) is 9.85. The van der Waals surface area contributed by atoms with Gasteiger partial charge >= 0.3 is 5.97 Å². The highest BCUT2D eigenvalue weighted by Crippen LogP contribution is 2.60. The third-order valence-electron chi connectivity index (χ3n) is 7.26. The van der Waals surface area contributed by atoms with Crippen molar-refractivity contribution in [3.05, 3.63) is 42.2 Å². The van der Waals surface area contributed by atoms with E-state index in [1.807, 2.05) is 0 Å². The van der Waals surface area contributed by atoms with Crippen LogP contribution >= 0.6 is 0 Å². The molecule has 37 heavy (non-hydrogen) atoms. The lowest BCUT2D eigenvalue weighted by molar-refractivity contribution is -0.344. The van der Waals surface area contributed by atoms with Gasteiger partial charge in [0.05, 0.1) is 25.4 Å². The van der Waals surface area contributed by atoms with Crippen molar-refractivity contribution < 1.29 is 64.2 Å². The Labute approximate surface area is 210 Å². The van der Waals surface area contributed by atoms with E-state index in [1.165, 1.54) is 30.5 Å². The van der Waals surface area contributed by atoms with Crippen LogP contribution in [0.25, 0.3) is 6.08 Å². The number of aliphatic hydroxyl groups is 5. The minimum atomic E-state index is -1.66. The number of aliphatic hydroxyl groups excluding tert-OH is 5. The molecular weight excluding hydrogens is 496 g/mol. The maximum Gasteiger partial charge on any atom is 0.331 e. The molecule has 1 aromatic carbocycles. The first-order valence-corrected chi connectivity index (χ1v) is 11.7. The van der Waals surface area contributed by atoms with Crippen LogP contribution in [0.1, 0.15) is 5.56 Å². The summed E-state index contributed by atoms with van der Waals surface area (Å²) in [5.74, 6) is -2.56. The molecular formula is C24H28O13. The summed E-state index contributed by atoms with van der Waals surface area (Å²) in [6, 6.07) is 4.04. The van der Waals surface area contributed by atoms with Crippen molar-refractivity contribution in [2.75, 3.05) is 13.2 Å². The van der Waals surface area contributed by atoms with Crippen molar-refractivity contribution in [2.45, 2.75) is 54.8 Å². The topological polar surface area (TPSA) is 208 Å². The van der Waals surface area contributed by atoms with Crippen molar-refractivity contribution in [1.29, 1.82) is 0 Å². The highest BCUT2D eigenvalue weighted by atomic mass is 16.8. The largest absolute Gasteiger partial charge is 0.504 e. The lowest BCUT2D eigenvalue weighted by Gasteiger charge is -2.43. The van der Waals surface area contributed by atoms with Gasteiger partial charge in [-0.1, -0.05) is 6.07 Å². The number of benzene rings is 1. The van der Waals surface area contributed by atoms with Gasteiger partial charge in [0.25, 0.3) is 0 Å². The molecule has 13 heteroatoms. The predicted octanol–water partition coefficient (Wildman–Crippen LogP) is -1.91. The Bertz CT molecular complexity index is 1070. The molecule has 5 rings (SSSR count). The summed E-state index contributed by atoms with van der Waals surface area (Å²) >= 11 is 0. The summed E-state index contributed by atoms with van der Waals surface area (Å²) < 4.78 is 28.2. The van der Waals surface area contributed by atoms with Crippen LogP contribution in [0.3, 0.4) is 0 Å². The van der Waals surface area contributed by atoms with E-state index in [9.17, 15) is 40.5 Å². The lowest BCUT2D eigenvalue weighted by Crippen LogP contribution is -2.60. The van der Waals surface area contributed by atoms with Crippen LogP contribution in [-0.4, -0.2) is 110 Å². The zero-order chi connectivity index (χ0) is 26.5. The van der Waals surface area contributed by atoms with Crippen LogP contribution in [0.2, 0.25) is 0 Å². The van der Waals surface area contributed by atoms with Crippen LogP contribution in [0.4, 0.5) is 0 Å². The van der Waals surface area contributed by atoms with Gasteiger partial charge in [0.2, 0.25) is 6.29 Å². The molecule has 202 valence electrons. The van der Waals surface area contributed by atoms with Gasteiger partial charge in [-0.05, 0) is 29.8 Å². The first-order valence-electron chi connectivity index (χ1n) is 11.7. The Morgan fingerprint density at radius 2 is 1.84 bits per heavy atom. The number of epoxide rings is 1. The van der Waals surface area contributed by atoms with Crippen LogP contribution in [-0.2, 0) is 28.5 Å². The quantitative estimate of drug-likeness (QED) is 0.0900. The third-order valence-corrected chi connectivity index (χ3v) is 7.26. The molecule has 0 spiro atoms. The van der Waals surface area contributed by atoms with Gasteiger partial charge < -0.3 is 59.4 Å². The Morgan fingerprint density at radius 1 is 1.05 bits per heavy atom. The fraction of sp³-hybridized carbons (Fsp3) is 0.542. The summed E-state index contributed by atoms with van der Waals surface area (Å²) in [5.41, 5.74) is -0.714. The molecule has 0 radical (unpaired) electrons. The van der Waals surface area contributed by atoms with E-state index in [4.69, 9.17) is 23.7 Å². The van der Waals surface area contributed by atoms with E-state index in [1.54, 1.807) is 6.08 Å². The SMILES string of the molecule is O=C(C=Cc1ccc(O)c(O)c1)OC1C2C=COC(OC3OC(CO)C(O)C(O)C3O)C2C2(CO)OC12. The molecule has 11 unspecified atom stereocenters. The van der Waals surface area contributed by atoms with Crippen LogP contribution < -0.4 is 0 Å². The molecule has 1 aromatic rings. The number of aromatic hydroxyl groups is 2. The van der Waals surface area contributed by atoms with E-state index in [0.29, 0.717) is 5.56 Å². The fourth-order valence-electron chi connectivity index (χ4n) is 5.27. The number of hydrogen-bond donors (Lipinski definition) is 7.